The van der Waals surface area contributed by atoms with Gasteiger partial charge < -0.3 is 15.0 Å². The van der Waals surface area contributed by atoms with Crippen LogP contribution in [0.2, 0.25) is 0 Å². The molecule has 0 saturated carbocycles. The lowest BCUT2D eigenvalue weighted by Gasteiger charge is -2.26. The number of carbonyl (C=O) groups is 1. The SMILES string of the molecule is CCOc1ccc(Nc2cc(C(=O)N3CCCCC3)nc3ccccc23)cc1. The summed E-state index contributed by atoms with van der Waals surface area (Å²) in [4.78, 5) is 19.5. The highest BCUT2D eigenvalue weighted by Gasteiger charge is 2.20. The van der Waals surface area contributed by atoms with E-state index in [4.69, 9.17) is 4.74 Å². The lowest BCUT2D eigenvalue weighted by Crippen LogP contribution is -2.36. The number of piperidine rings is 1. The van der Waals surface area contributed by atoms with E-state index in [1.807, 2.05) is 66.4 Å². The first-order valence-corrected chi connectivity index (χ1v) is 9.93. The molecule has 0 unspecified atom stereocenters. The molecular formula is C23H25N3O2. The first-order chi connectivity index (χ1) is 13.7. The molecule has 0 aliphatic carbocycles. The molecular weight excluding hydrogens is 350 g/mol. The zero-order valence-corrected chi connectivity index (χ0v) is 16.1. The van der Waals surface area contributed by atoms with E-state index in [1.165, 1.54) is 6.42 Å². The van der Waals surface area contributed by atoms with Crippen molar-refractivity contribution in [1.29, 1.82) is 0 Å². The van der Waals surface area contributed by atoms with Gasteiger partial charge in [0.2, 0.25) is 0 Å². The lowest BCUT2D eigenvalue weighted by molar-refractivity contribution is 0.0719. The van der Waals surface area contributed by atoms with Gasteiger partial charge in [0.15, 0.2) is 0 Å². The number of para-hydroxylation sites is 1. The molecule has 0 radical (unpaired) electrons. The maximum atomic E-state index is 13.0. The summed E-state index contributed by atoms with van der Waals surface area (Å²) in [6.07, 6.45) is 3.33. The van der Waals surface area contributed by atoms with Crippen LogP contribution in [-0.4, -0.2) is 35.5 Å². The third-order valence-electron chi connectivity index (χ3n) is 5.02. The summed E-state index contributed by atoms with van der Waals surface area (Å²) in [5, 5.41) is 4.44. The molecule has 28 heavy (non-hydrogen) atoms. The Hall–Kier alpha value is -3.08. The summed E-state index contributed by atoms with van der Waals surface area (Å²) in [6, 6.07) is 17.6. The van der Waals surface area contributed by atoms with Crippen LogP contribution in [0.3, 0.4) is 0 Å². The highest BCUT2D eigenvalue weighted by atomic mass is 16.5. The quantitative estimate of drug-likeness (QED) is 0.682. The molecule has 1 saturated heterocycles. The number of hydrogen-bond acceptors (Lipinski definition) is 4. The Labute approximate surface area is 165 Å². The molecule has 2 aromatic carbocycles. The van der Waals surface area contributed by atoms with E-state index in [1.54, 1.807) is 0 Å². The number of pyridine rings is 1. The minimum Gasteiger partial charge on any atom is -0.494 e. The molecule has 1 N–H and O–H groups in total. The largest absolute Gasteiger partial charge is 0.494 e. The van der Waals surface area contributed by atoms with Crippen molar-refractivity contribution in [3.05, 3.63) is 60.3 Å². The molecule has 1 aliphatic rings. The highest BCUT2D eigenvalue weighted by Crippen LogP contribution is 2.28. The summed E-state index contributed by atoms with van der Waals surface area (Å²) >= 11 is 0. The predicted molar refractivity (Wildman–Crippen MR) is 112 cm³/mol. The van der Waals surface area contributed by atoms with E-state index in [9.17, 15) is 4.79 Å². The van der Waals surface area contributed by atoms with Crippen LogP contribution < -0.4 is 10.1 Å². The summed E-state index contributed by atoms with van der Waals surface area (Å²) < 4.78 is 5.51. The monoisotopic (exact) mass is 375 g/mol. The van der Waals surface area contributed by atoms with Crippen LogP contribution in [0.15, 0.2) is 54.6 Å². The van der Waals surface area contributed by atoms with E-state index < -0.39 is 0 Å². The van der Waals surface area contributed by atoms with Gasteiger partial charge in [-0.2, -0.15) is 0 Å². The number of hydrogen-bond donors (Lipinski definition) is 1. The minimum absolute atomic E-state index is 0.0141. The lowest BCUT2D eigenvalue weighted by atomic mass is 10.1. The number of aromatic nitrogens is 1. The Bertz CT molecular complexity index is 963. The van der Waals surface area contributed by atoms with Crippen LogP contribution in [-0.2, 0) is 0 Å². The van der Waals surface area contributed by atoms with E-state index in [0.29, 0.717) is 12.3 Å². The molecule has 1 aromatic heterocycles. The van der Waals surface area contributed by atoms with Crippen LogP contribution in [0.25, 0.3) is 10.9 Å². The Morgan fingerprint density at radius 3 is 2.57 bits per heavy atom. The summed E-state index contributed by atoms with van der Waals surface area (Å²) in [6.45, 7) is 4.24. The second kappa shape index (κ2) is 8.30. The Morgan fingerprint density at radius 2 is 1.82 bits per heavy atom. The predicted octanol–water partition coefficient (Wildman–Crippen LogP) is 5.00. The van der Waals surface area contributed by atoms with Crippen molar-refractivity contribution in [2.45, 2.75) is 26.2 Å². The molecule has 144 valence electrons. The minimum atomic E-state index is 0.0141. The van der Waals surface area contributed by atoms with Gasteiger partial charge in [0, 0.05) is 24.2 Å². The zero-order chi connectivity index (χ0) is 19.3. The number of likely N-dealkylation sites (tertiary alicyclic amines) is 1. The summed E-state index contributed by atoms with van der Waals surface area (Å²) in [5.74, 6) is 0.855. The van der Waals surface area contributed by atoms with Crippen molar-refractivity contribution >= 4 is 28.2 Å². The number of rotatable bonds is 5. The topological polar surface area (TPSA) is 54.5 Å². The zero-order valence-electron chi connectivity index (χ0n) is 16.1. The van der Waals surface area contributed by atoms with Crippen LogP contribution in [0.5, 0.6) is 5.75 Å². The molecule has 4 rings (SSSR count). The number of anilines is 2. The average molecular weight is 375 g/mol. The first-order valence-electron chi connectivity index (χ1n) is 9.93. The maximum absolute atomic E-state index is 13.0. The van der Waals surface area contributed by atoms with Crippen molar-refractivity contribution in [1.82, 2.24) is 9.88 Å². The Morgan fingerprint density at radius 1 is 1.07 bits per heavy atom. The fourth-order valence-corrected chi connectivity index (χ4v) is 3.60. The van der Waals surface area contributed by atoms with Gasteiger partial charge in [-0.05, 0) is 62.6 Å². The molecule has 3 aromatic rings. The molecule has 0 bridgehead atoms. The molecule has 5 heteroatoms. The molecule has 2 heterocycles. The van der Waals surface area contributed by atoms with E-state index in [2.05, 4.69) is 10.3 Å². The maximum Gasteiger partial charge on any atom is 0.272 e. The first kappa shape index (κ1) is 18.3. The van der Waals surface area contributed by atoms with Gasteiger partial charge in [-0.25, -0.2) is 4.98 Å². The van der Waals surface area contributed by atoms with Gasteiger partial charge in [-0.3, -0.25) is 4.79 Å². The normalized spacial score (nSPS) is 14.1. The summed E-state index contributed by atoms with van der Waals surface area (Å²) in [5.41, 5.74) is 3.14. The number of carbonyl (C=O) groups excluding carboxylic acids is 1. The summed E-state index contributed by atoms with van der Waals surface area (Å²) in [7, 11) is 0. The molecule has 1 amide bonds. The molecule has 1 aliphatic heterocycles. The molecule has 0 atom stereocenters. The van der Waals surface area contributed by atoms with Crippen molar-refractivity contribution in [3.63, 3.8) is 0 Å². The van der Waals surface area contributed by atoms with E-state index in [-0.39, 0.29) is 5.91 Å². The third kappa shape index (κ3) is 3.93. The van der Waals surface area contributed by atoms with Crippen LogP contribution in [0, 0.1) is 0 Å². The fraction of sp³-hybridized carbons (Fsp3) is 0.304. The van der Waals surface area contributed by atoms with Crippen LogP contribution >= 0.6 is 0 Å². The molecule has 0 spiro atoms. The van der Waals surface area contributed by atoms with Gasteiger partial charge in [0.05, 0.1) is 17.8 Å². The average Bonchev–Trinajstić information content (AvgIpc) is 2.75. The third-order valence-corrected chi connectivity index (χ3v) is 5.02. The Kier molecular flexibility index (Phi) is 5.42. The second-order valence-electron chi connectivity index (χ2n) is 7.01. The van der Waals surface area contributed by atoms with Gasteiger partial charge in [0.25, 0.3) is 5.91 Å². The molecule has 5 nitrogen and oxygen atoms in total. The highest BCUT2D eigenvalue weighted by molar-refractivity contribution is 6.00. The molecule has 1 fully saturated rings. The van der Waals surface area contributed by atoms with Gasteiger partial charge in [0.1, 0.15) is 11.4 Å². The van der Waals surface area contributed by atoms with Crippen molar-refractivity contribution < 1.29 is 9.53 Å². The van der Waals surface area contributed by atoms with Gasteiger partial charge in [-0.1, -0.05) is 18.2 Å². The van der Waals surface area contributed by atoms with Crippen molar-refractivity contribution in [3.8, 4) is 5.75 Å². The van der Waals surface area contributed by atoms with Crippen LogP contribution in [0.1, 0.15) is 36.7 Å². The number of benzene rings is 2. The van der Waals surface area contributed by atoms with E-state index >= 15 is 0 Å². The number of amides is 1. The number of nitrogens with zero attached hydrogens (tertiary/aromatic N) is 2. The second-order valence-corrected chi connectivity index (χ2v) is 7.01. The smallest absolute Gasteiger partial charge is 0.272 e. The fourth-order valence-electron chi connectivity index (χ4n) is 3.60. The number of nitrogens with one attached hydrogen (secondary N) is 1. The standard InChI is InChI=1S/C23H25N3O2/c1-2-28-18-12-10-17(11-13-18)24-21-16-22(23(27)26-14-6-3-7-15-26)25-20-9-5-4-8-19(20)21/h4-5,8-13,16H,2-3,6-7,14-15H2,1H3,(H,24,25). The van der Waals surface area contributed by atoms with E-state index in [0.717, 1.165) is 54.0 Å². The number of ether oxygens (including phenoxy) is 1. The van der Waals surface area contributed by atoms with Gasteiger partial charge in [-0.15, -0.1) is 0 Å². The van der Waals surface area contributed by atoms with Crippen molar-refractivity contribution in [2.24, 2.45) is 0 Å². The number of fused-ring (bicyclic) bond motifs is 1. The Balaban J connectivity index is 1.67. The van der Waals surface area contributed by atoms with Crippen molar-refractivity contribution in [2.75, 3.05) is 25.0 Å². The van der Waals surface area contributed by atoms with Crippen LogP contribution in [0.4, 0.5) is 11.4 Å². The van der Waals surface area contributed by atoms with Gasteiger partial charge >= 0.3 is 0 Å².